The highest BCUT2D eigenvalue weighted by atomic mass is 15.2. The molecule has 116 valence electrons. The highest BCUT2D eigenvalue weighted by Gasteiger charge is 2.27. The molecule has 0 aliphatic rings. The van der Waals surface area contributed by atoms with Gasteiger partial charge in [0.05, 0.1) is 25.7 Å². The molecule has 0 fully saturated rings. The van der Waals surface area contributed by atoms with Gasteiger partial charge in [-0.1, -0.05) is 24.8 Å². The Morgan fingerprint density at radius 1 is 1.13 bits per heavy atom. The molecule has 3 aromatic rings. The van der Waals surface area contributed by atoms with Crippen molar-refractivity contribution in [3.8, 4) is 5.82 Å². The van der Waals surface area contributed by atoms with Crippen molar-refractivity contribution in [2.24, 2.45) is 14.1 Å². The van der Waals surface area contributed by atoms with Crippen molar-refractivity contribution in [3.05, 3.63) is 66.1 Å². The van der Waals surface area contributed by atoms with Gasteiger partial charge in [-0.15, -0.1) is 0 Å². The summed E-state index contributed by atoms with van der Waals surface area (Å²) in [4.78, 5) is 0. The average Bonchev–Trinajstić information content (AvgIpc) is 2.86. The van der Waals surface area contributed by atoms with Crippen LogP contribution in [0.4, 0.5) is 0 Å². The highest BCUT2D eigenvalue weighted by molar-refractivity contribution is 5.91. The minimum atomic E-state index is 1.11. The Hall–Kier alpha value is -2.68. The van der Waals surface area contributed by atoms with E-state index in [1.54, 1.807) is 0 Å². The Labute approximate surface area is 137 Å². The lowest BCUT2D eigenvalue weighted by Crippen LogP contribution is -2.38. The number of hydrogen-bond donors (Lipinski definition) is 0. The molecule has 0 amide bonds. The van der Waals surface area contributed by atoms with Crippen molar-refractivity contribution >= 4 is 23.2 Å². The third-order valence-electron chi connectivity index (χ3n) is 4.38. The molecule has 0 aliphatic carbocycles. The van der Waals surface area contributed by atoms with Crippen molar-refractivity contribution in [1.82, 2.24) is 4.57 Å². The van der Waals surface area contributed by atoms with E-state index in [0.29, 0.717) is 0 Å². The van der Waals surface area contributed by atoms with Gasteiger partial charge in [-0.25, -0.2) is 9.13 Å². The summed E-state index contributed by atoms with van der Waals surface area (Å²) in [6.45, 7) is 8.24. The lowest BCUT2D eigenvalue weighted by molar-refractivity contribution is -0.670. The molecule has 0 atom stereocenters. The predicted molar refractivity (Wildman–Crippen MR) is 95.2 cm³/mol. The Kier molecular flexibility index (Phi) is 3.87. The second kappa shape index (κ2) is 5.84. The molecule has 23 heavy (non-hydrogen) atoms. The van der Waals surface area contributed by atoms with E-state index in [1.165, 1.54) is 22.3 Å². The molecule has 3 heteroatoms. The minimum Gasteiger partial charge on any atom is -0.236 e. The summed E-state index contributed by atoms with van der Waals surface area (Å²) in [6, 6.07) is 10.6. The molecule has 0 bridgehead atoms. The van der Waals surface area contributed by atoms with Gasteiger partial charge in [-0.05, 0) is 38.1 Å². The van der Waals surface area contributed by atoms with Gasteiger partial charge in [0.1, 0.15) is 11.4 Å². The summed E-state index contributed by atoms with van der Waals surface area (Å²) < 4.78 is 6.65. The molecule has 0 N–H and O–H groups in total. The van der Waals surface area contributed by atoms with E-state index in [0.717, 1.165) is 11.5 Å². The Morgan fingerprint density at radius 3 is 2.57 bits per heavy atom. The average molecular weight is 305 g/mol. The van der Waals surface area contributed by atoms with Gasteiger partial charge in [0.25, 0.3) is 11.5 Å². The van der Waals surface area contributed by atoms with Crippen LogP contribution in [0.1, 0.15) is 23.9 Å². The molecular formula is C20H23N3+2. The van der Waals surface area contributed by atoms with Crippen LogP contribution in [0.5, 0.6) is 0 Å². The van der Waals surface area contributed by atoms with Crippen LogP contribution in [0.2, 0.25) is 0 Å². The molecule has 3 nitrogen and oxygen atoms in total. The lowest BCUT2D eigenvalue weighted by Gasteiger charge is -2.05. The zero-order valence-electron chi connectivity index (χ0n) is 14.2. The van der Waals surface area contributed by atoms with E-state index >= 15 is 0 Å². The fraction of sp³-hybridized carbons (Fsp3) is 0.200. The zero-order valence-corrected chi connectivity index (χ0v) is 14.2. The molecule has 0 spiro atoms. The molecule has 0 unspecified atom stereocenters. The van der Waals surface area contributed by atoms with Gasteiger partial charge in [-0.3, -0.25) is 0 Å². The first-order chi connectivity index (χ1) is 11.1. The topological polar surface area (TPSA) is 12.7 Å². The first-order valence-electron chi connectivity index (χ1n) is 7.84. The molecule has 0 aromatic carbocycles. The third kappa shape index (κ3) is 2.29. The standard InChI is InChI=1S/C20H23N3/c1-6-10-16-17-13-12-15(3)22(5)20(17)23(18(16)7-2)19-11-8-9-14-21(19)4/h6-14H,2H2,1,3-5H3/q+2/b10-6-. The number of nitrogens with zero attached hydrogens (tertiary/aromatic N) is 3. The fourth-order valence-corrected chi connectivity index (χ4v) is 3.11. The van der Waals surface area contributed by atoms with Crippen LogP contribution in [0.3, 0.4) is 0 Å². The van der Waals surface area contributed by atoms with E-state index in [9.17, 15) is 0 Å². The first kappa shape index (κ1) is 15.2. The van der Waals surface area contributed by atoms with Crippen LogP contribution >= 0.6 is 0 Å². The maximum Gasteiger partial charge on any atom is 0.297 e. The summed E-state index contributed by atoms with van der Waals surface area (Å²) in [5, 5.41) is 1.23. The molecule has 3 aromatic heterocycles. The summed E-state index contributed by atoms with van der Waals surface area (Å²) >= 11 is 0. The molecule has 3 heterocycles. The van der Waals surface area contributed by atoms with Gasteiger partial charge in [0.2, 0.25) is 0 Å². The van der Waals surface area contributed by atoms with Gasteiger partial charge >= 0.3 is 0 Å². The molecular weight excluding hydrogens is 282 g/mol. The maximum atomic E-state index is 4.06. The lowest BCUT2D eigenvalue weighted by atomic mass is 10.1. The number of aromatic nitrogens is 3. The summed E-state index contributed by atoms with van der Waals surface area (Å²) in [6.07, 6.45) is 8.25. The zero-order chi connectivity index (χ0) is 16.6. The number of fused-ring (bicyclic) bond motifs is 1. The van der Waals surface area contributed by atoms with Crippen molar-refractivity contribution < 1.29 is 9.13 Å². The first-order valence-corrected chi connectivity index (χ1v) is 7.84. The number of allylic oxidation sites excluding steroid dienone is 1. The number of aryl methyl sites for hydroxylation is 3. The van der Waals surface area contributed by atoms with Crippen LogP contribution in [-0.4, -0.2) is 4.57 Å². The molecule has 0 saturated carbocycles. The minimum absolute atomic E-state index is 1.11. The van der Waals surface area contributed by atoms with Gasteiger partial charge in [0.15, 0.2) is 0 Å². The van der Waals surface area contributed by atoms with Gasteiger partial charge in [-0.2, -0.15) is 4.57 Å². The summed E-state index contributed by atoms with van der Waals surface area (Å²) in [5.41, 5.74) is 4.71. The fourth-order valence-electron chi connectivity index (χ4n) is 3.11. The largest absolute Gasteiger partial charge is 0.297 e. The Morgan fingerprint density at radius 2 is 1.91 bits per heavy atom. The second-order valence-electron chi connectivity index (χ2n) is 5.78. The molecule has 0 aliphatic heterocycles. The number of hydrogen-bond acceptors (Lipinski definition) is 0. The normalized spacial score (nSPS) is 11.5. The monoisotopic (exact) mass is 305 g/mol. The summed E-state index contributed by atoms with van der Waals surface area (Å²) in [5.74, 6) is 1.12. The molecule has 0 radical (unpaired) electrons. The van der Waals surface area contributed by atoms with Crippen molar-refractivity contribution in [3.63, 3.8) is 0 Å². The van der Waals surface area contributed by atoms with Crippen molar-refractivity contribution in [2.75, 3.05) is 0 Å². The van der Waals surface area contributed by atoms with E-state index in [-0.39, 0.29) is 0 Å². The summed E-state index contributed by atoms with van der Waals surface area (Å²) in [7, 11) is 4.18. The second-order valence-corrected chi connectivity index (χ2v) is 5.78. The third-order valence-corrected chi connectivity index (χ3v) is 4.38. The maximum absolute atomic E-state index is 4.06. The molecule has 0 saturated heterocycles. The Bertz CT molecular complexity index is 930. The van der Waals surface area contributed by atoms with E-state index < -0.39 is 0 Å². The van der Waals surface area contributed by atoms with Crippen LogP contribution in [0.25, 0.3) is 29.0 Å². The quantitative estimate of drug-likeness (QED) is 0.659. The number of pyridine rings is 2. The smallest absolute Gasteiger partial charge is 0.236 e. The highest BCUT2D eigenvalue weighted by Crippen LogP contribution is 2.28. The predicted octanol–water partition coefficient (Wildman–Crippen LogP) is 3.26. The van der Waals surface area contributed by atoms with Crippen LogP contribution in [-0.2, 0) is 14.1 Å². The number of rotatable bonds is 3. The van der Waals surface area contributed by atoms with E-state index in [2.05, 4.69) is 83.9 Å². The SMILES string of the molecule is C=Cc1c(/C=C\C)c2ccc(C)[n+](C)c2n1-c1cccc[n+]1C. The van der Waals surface area contributed by atoms with E-state index in [1.807, 2.05) is 19.1 Å². The molecule has 3 rings (SSSR count). The van der Waals surface area contributed by atoms with Crippen LogP contribution in [0.15, 0.2) is 49.2 Å². The van der Waals surface area contributed by atoms with Crippen molar-refractivity contribution in [2.45, 2.75) is 13.8 Å². The van der Waals surface area contributed by atoms with Crippen molar-refractivity contribution in [1.29, 1.82) is 0 Å². The van der Waals surface area contributed by atoms with Crippen LogP contribution < -0.4 is 9.13 Å². The van der Waals surface area contributed by atoms with Gasteiger partial charge < -0.3 is 0 Å². The van der Waals surface area contributed by atoms with Crippen LogP contribution in [0, 0.1) is 6.92 Å². The Balaban J connectivity index is 2.56. The van der Waals surface area contributed by atoms with E-state index in [4.69, 9.17) is 0 Å². The van der Waals surface area contributed by atoms with Gasteiger partial charge in [0, 0.05) is 11.6 Å².